The fourth-order valence-corrected chi connectivity index (χ4v) is 1.67. The summed E-state index contributed by atoms with van der Waals surface area (Å²) in [5.74, 6) is 0.954. The van der Waals surface area contributed by atoms with Gasteiger partial charge in [0.1, 0.15) is 5.76 Å². The highest BCUT2D eigenvalue weighted by atomic mass is 35.5. The van der Waals surface area contributed by atoms with Crippen LogP contribution >= 0.6 is 11.6 Å². The van der Waals surface area contributed by atoms with E-state index >= 15 is 0 Å². The van der Waals surface area contributed by atoms with Gasteiger partial charge >= 0.3 is 0 Å². The molecule has 0 amide bonds. The summed E-state index contributed by atoms with van der Waals surface area (Å²) >= 11 is 5.89. The molecular weight excluding hydrogens is 226 g/mol. The van der Waals surface area contributed by atoms with Gasteiger partial charge in [0.25, 0.3) is 0 Å². The number of anilines is 1. The van der Waals surface area contributed by atoms with Crippen molar-refractivity contribution in [1.29, 1.82) is 0 Å². The molecule has 0 unspecified atom stereocenters. The van der Waals surface area contributed by atoms with Crippen molar-refractivity contribution in [2.24, 2.45) is 0 Å². The smallest absolute Gasteiger partial charge is 0.185 e. The molecule has 2 aromatic rings. The van der Waals surface area contributed by atoms with Gasteiger partial charge in [0.2, 0.25) is 0 Å². The summed E-state index contributed by atoms with van der Waals surface area (Å²) < 4.78 is 5.35. The molecule has 2 rings (SSSR count). The standard InChI is InChI=1S/C12H10ClNO2/c1-14-11-6-8(13)2-4-10(11)12-5-3-9(7-15)16-12/h2-7,14H,1H3. The van der Waals surface area contributed by atoms with Crippen molar-refractivity contribution < 1.29 is 9.21 Å². The number of nitrogens with one attached hydrogen (secondary N) is 1. The van der Waals surface area contributed by atoms with Crippen molar-refractivity contribution in [3.05, 3.63) is 41.1 Å². The number of hydrogen-bond acceptors (Lipinski definition) is 3. The zero-order valence-corrected chi connectivity index (χ0v) is 9.41. The minimum Gasteiger partial charge on any atom is -0.453 e. The van der Waals surface area contributed by atoms with Crippen molar-refractivity contribution in [3.63, 3.8) is 0 Å². The second-order valence-corrected chi connectivity index (χ2v) is 3.70. The van der Waals surface area contributed by atoms with Crippen LogP contribution in [0.15, 0.2) is 34.7 Å². The molecular formula is C12H10ClNO2. The number of aldehydes is 1. The van der Waals surface area contributed by atoms with Crippen LogP contribution in [0.1, 0.15) is 10.6 Å². The number of furan rings is 1. The summed E-state index contributed by atoms with van der Waals surface area (Å²) in [6, 6.07) is 8.83. The number of rotatable bonds is 3. The number of hydrogen-bond donors (Lipinski definition) is 1. The maximum Gasteiger partial charge on any atom is 0.185 e. The van der Waals surface area contributed by atoms with Gasteiger partial charge in [-0.2, -0.15) is 0 Å². The maximum atomic E-state index is 10.5. The predicted molar refractivity (Wildman–Crippen MR) is 64.1 cm³/mol. The Bertz CT molecular complexity index is 519. The molecule has 16 heavy (non-hydrogen) atoms. The molecule has 0 aliphatic carbocycles. The fourth-order valence-electron chi connectivity index (χ4n) is 1.50. The van der Waals surface area contributed by atoms with Crippen molar-refractivity contribution in [1.82, 2.24) is 0 Å². The Morgan fingerprint density at radius 2 is 2.12 bits per heavy atom. The number of carbonyl (C=O) groups excluding carboxylic acids is 1. The van der Waals surface area contributed by atoms with E-state index < -0.39 is 0 Å². The monoisotopic (exact) mass is 235 g/mol. The molecule has 0 fully saturated rings. The fraction of sp³-hybridized carbons (Fsp3) is 0.0833. The molecule has 4 heteroatoms. The first-order chi connectivity index (χ1) is 7.74. The van der Waals surface area contributed by atoms with Crippen molar-refractivity contribution in [2.75, 3.05) is 12.4 Å². The Morgan fingerprint density at radius 3 is 2.75 bits per heavy atom. The molecule has 1 aromatic carbocycles. The van der Waals surface area contributed by atoms with Crippen LogP contribution in [0.4, 0.5) is 5.69 Å². The molecule has 1 heterocycles. The van der Waals surface area contributed by atoms with Crippen LogP contribution in [0.3, 0.4) is 0 Å². The van der Waals surface area contributed by atoms with Crippen LogP contribution < -0.4 is 5.32 Å². The van der Waals surface area contributed by atoms with Crippen LogP contribution in [0, 0.1) is 0 Å². The quantitative estimate of drug-likeness (QED) is 0.829. The van der Waals surface area contributed by atoms with Gasteiger partial charge in [-0.3, -0.25) is 4.79 Å². The second-order valence-electron chi connectivity index (χ2n) is 3.26. The van der Waals surface area contributed by atoms with Gasteiger partial charge in [0.15, 0.2) is 12.0 Å². The minimum absolute atomic E-state index is 0.312. The number of carbonyl (C=O) groups is 1. The molecule has 1 aromatic heterocycles. The Kier molecular flexibility index (Phi) is 2.97. The average molecular weight is 236 g/mol. The molecule has 0 aliphatic rings. The lowest BCUT2D eigenvalue weighted by Gasteiger charge is -2.06. The first-order valence-corrected chi connectivity index (χ1v) is 5.15. The van der Waals surface area contributed by atoms with E-state index in [0.29, 0.717) is 22.8 Å². The third kappa shape index (κ3) is 1.95. The summed E-state index contributed by atoms with van der Waals surface area (Å²) in [6.07, 6.45) is 0.679. The van der Waals surface area contributed by atoms with Crippen LogP contribution in [-0.4, -0.2) is 13.3 Å². The second kappa shape index (κ2) is 4.41. The van der Waals surface area contributed by atoms with Crippen molar-refractivity contribution >= 4 is 23.6 Å². The van der Waals surface area contributed by atoms with Crippen molar-refractivity contribution in [3.8, 4) is 11.3 Å². The summed E-state index contributed by atoms with van der Waals surface area (Å²) in [6.45, 7) is 0. The molecule has 3 nitrogen and oxygen atoms in total. The molecule has 0 bridgehead atoms. The SMILES string of the molecule is CNc1cc(Cl)ccc1-c1ccc(C=O)o1. The lowest BCUT2D eigenvalue weighted by atomic mass is 10.1. The summed E-state index contributed by atoms with van der Waals surface area (Å²) in [5.41, 5.74) is 1.74. The Hall–Kier alpha value is -1.74. The first kappa shape index (κ1) is 10.8. The molecule has 0 radical (unpaired) electrons. The van der Waals surface area contributed by atoms with E-state index in [9.17, 15) is 4.79 Å². The lowest BCUT2D eigenvalue weighted by Crippen LogP contribution is -1.90. The Morgan fingerprint density at radius 1 is 1.31 bits per heavy atom. The van der Waals surface area contributed by atoms with E-state index in [-0.39, 0.29) is 0 Å². The van der Waals surface area contributed by atoms with Crippen LogP contribution in [0.2, 0.25) is 5.02 Å². The first-order valence-electron chi connectivity index (χ1n) is 4.77. The number of benzene rings is 1. The van der Waals surface area contributed by atoms with Gasteiger partial charge in [0.05, 0.1) is 0 Å². The van der Waals surface area contributed by atoms with Crippen molar-refractivity contribution in [2.45, 2.75) is 0 Å². The molecule has 1 N–H and O–H groups in total. The average Bonchev–Trinajstić information content (AvgIpc) is 2.77. The molecule has 0 spiro atoms. The van der Waals surface area contributed by atoms with Gasteiger partial charge in [-0.15, -0.1) is 0 Å². The van der Waals surface area contributed by atoms with E-state index in [0.717, 1.165) is 11.3 Å². The predicted octanol–water partition coefficient (Wildman–Crippen LogP) is 3.45. The van der Waals surface area contributed by atoms with E-state index in [1.54, 1.807) is 31.3 Å². The molecule has 0 aliphatic heterocycles. The van der Waals surface area contributed by atoms with Gasteiger partial charge in [-0.05, 0) is 30.3 Å². The van der Waals surface area contributed by atoms with Crippen LogP contribution in [-0.2, 0) is 0 Å². The van der Waals surface area contributed by atoms with Gasteiger partial charge < -0.3 is 9.73 Å². The van der Waals surface area contributed by atoms with E-state index in [1.165, 1.54) is 0 Å². The zero-order valence-electron chi connectivity index (χ0n) is 8.66. The Balaban J connectivity index is 2.50. The highest BCUT2D eigenvalue weighted by Crippen LogP contribution is 2.31. The summed E-state index contributed by atoms with van der Waals surface area (Å²) in [4.78, 5) is 10.5. The third-order valence-electron chi connectivity index (χ3n) is 2.26. The van der Waals surface area contributed by atoms with Crippen LogP contribution in [0.5, 0.6) is 0 Å². The largest absolute Gasteiger partial charge is 0.453 e. The highest BCUT2D eigenvalue weighted by molar-refractivity contribution is 6.31. The summed E-state index contributed by atoms with van der Waals surface area (Å²) in [5, 5.41) is 3.68. The van der Waals surface area contributed by atoms with Gasteiger partial charge in [0, 0.05) is 23.3 Å². The third-order valence-corrected chi connectivity index (χ3v) is 2.49. The van der Waals surface area contributed by atoms with E-state index in [4.69, 9.17) is 16.0 Å². The zero-order chi connectivity index (χ0) is 11.5. The maximum absolute atomic E-state index is 10.5. The molecule has 0 atom stereocenters. The van der Waals surface area contributed by atoms with Crippen LogP contribution in [0.25, 0.3) is 11.3 Å². The van der Waals surface area contributed by atoms with E-state index in [2.05, 4.69) is 5.32 Å². The summed E-state index contributed by atoms with van der Waals surface area (Å²) in [7, 11) is 1.80. The van der Waals surface area contributed by atoms with Gasteiger partial charge in [-0.25, -0.2) is 0 Å². The molecule has 82 valence electrons. The number of halogens is 1. The minimum atomic E-state index is 0.312. The molecule has 0 saturated heterocycles. The topological polar surface area (TPSA) is 42.2 Å². The normalized spacial score (nSPS) is 10.1. The Labute approximate surface area is 98.0 Å². The molecule has 0 saturated carbocycles. The van der Waals surface area contributed by atoms with E-state index in [1.807, 2.05) is 6.07 Å². The highest BCUT2D eigenvalue weighted by Gasteiger charge is 2.09. The lowest BCUT2D eigenvalue weighted by molar-refractivity contribution is 0.110. The van der Waals surface area contributed by atoms with Gasteiger partial charge in [-0.1, -0.05) is 11.6 Å².